The lowest BCUT2D eigenvalue weighted by molar-refractivity contribution is -0.151. The molecule has 0 heterocycles. The van der Waals surface area contributed by atoms with E-state index in [0.29, 0.717) is 12.5 Å². The van der Waals surface area contributed by atoms with Crippen molar-refractivity contribution >= 4 is 5.97 Å². The third kappa shape index (κ3) is 5.00. The minimum Gasteiger partial charge on any atom is -0.466 e. The first-order valence-electron chi connectivity index (χ1n) is 6.54. The van der Waals surface area contributed by atoms with Crippen LogP contribution in [-0.2, 0) is 9.53 Å². The predicted molar refractivity (Wildman–Crippen MR) is 68.3 cm³/mol. The largest absolute Gasteiger partial charge is 0.466 e. The monoisotopic (exact) mass is 228 g/mol. The summed E-state index contributed by atoms with van der Waals surface area (Å²) >= 11 is 0. The van der Waals surface area contributed by atoms with E-state index in [9.17, 15) is 4.79 Å². The van der Waals surface area contributed by atoms with Crippen molar-refractivity contribution in [3.8, 4) is 0 Å². The minimum atomic E-state index is -0.0154. The molecule has 0 saturated carbocycles. The summed E-state index contributed by atoms with van der Waals surface area (Å²) < 4.78 is 5.18. The molecular formula is C14H28O2. The Kier molecular flexibility index (Phi) is 6.70. The highest BCUT2D eigenvalue weighted by Gasteiger charge is 2.31. The second kappa shape index (κ2) is 6.93. The van der Waals surface area contributed by atoms with Gasteiger partial charge in [0.2, 0.25) is 0 Å². The van der Waals surface area contributed by atoms with Crippen LogP contribution >= 0.6 is 0 Å². The first-order chi connectivity index (χ1) is 7.37. The summed E-state index contributed by atoms with van der Waals surface area (Å²) in [7, 11) is 0. The minimum absolute atomic E-state index is 0.0154. The lowest BCUT2D eigenvalue weighted by atomic mass is 9.76. The molecule has 0 aromatic heterocycles. The molecule has 0 radical (unpaired) electrons. The summed E-state index contributed by atoms with van der Waals surface area (Å²) in [5.41, 5.74) is 0.223. The summed E-state index contributed by atoms with van der Waals surface area (Å²) in [6.07, 6.45) is 3.06. The summed E-state index contributed by atoms with van der Waals surface area (Å²) in [5, 5.41) is 0. The summed E-state index contributed by atoms with van der Waals surface area (Å²) in [5.74, 6) is 0.447. The molecule has 2 heteroatoms. The van der Waals surface area contributed by atoms with E-state index in [1.54, 1.807) is 0 Å². The Morgan fingerprint density at radius 1 is 1.25 bits per heavy atom. The standard InChI is InChI=1S/C14H28O2/c1-7-11(4)12(13(15)16-9-3)10-14(5,6)8-2/h11-12H,7-10H2,1-6H3. The van der Waals surface area contributed by atoms with Gasteiger partial charge in [-0.05, 0) is 24.7 Å². The fraction of sp³-hybridized carbons (Fsp3) is 0.929. The Morgan fingerprint density at radius 3 is 2.19 bits per heavy atom. The van der Waals surface area contributed by atoms with Crippen molar-refractivity contribution in [3.63, 3.8) is 0 Å². The van der Waals surface area contributed by atoms with Gasteiger partial charge in [-0.1, -0.05) is 47.5 Å². The Labute approximate surface area is 101 Å². The van der Waals surface area contributed by atoms with Gasteiger partial charge < -0.3 is 4.74 Å². The molecule has 96 valence electrons. The Balaban J connectivity index is 4.61. The lowest BCUT2D eigenvalue weighted by Gasteiger charge is -2.30. The molecule has 2 nitrogen and oxygen atoms in total. The average Bonchev–Trinajstić information content (AvgIpc) is 2.25. The van der Waals surface area contributed by atoms with E-state index in [4.69, 9.17) is 4.74 Å². The highest BCUT2D eigenvalue weighted by atomic mass is 16.5. The maximum atomic E-state index is 11.9. The van der Waals surface area contributed by atoms with E-state index in [0.717, 1.165) is 19.3 Å². The van der Waals surface area contributed by atoms with Gasteiger partial charge in [0.25, 0.3) is 0 Å². The molecule has 0 saturated heterocycles. The van der Waals surface area contributed by atoms with Crippen molar-refractivity contribution in [3.05, 3.63) is 0 Å². The molecule has 0 N–H and O–H groups in total. The van der Waals surface area contributed by atoms with Gasteiger partial charge in [0.1, 0.15) is 0 Å². The molecule has 0 amide bonds. The van der Waals surface area contributed by atoms with Crippen LogP contribution in [0.25, 0.3) is 0 Å². The molecule has 2 unspecified atom stereocenters. The van der Waals surface area contributed by atoms with Crippen molar-refractivity contribution in [1.29, 1.82) is 0 Å². The predicted octanol–water partition coefficient (Wildman–Crippen LogP) is 4.04. The maximum Gasteiger partial charge on any atom is 0.309 e. The molecule has 0 aliphatic rings. The number of rotatable bonds is 7. The second-order valence-corrected chi connectivity index (χ2v) is 5.47. The quantitative estimate of drug-likeness (QED) is 0.615. The highest BCUT2D eigenvalue weighted by molar-refractivity contribution is 5.72. The lowest BCUT2D eigenvalue weighted by Crippen LogP contribution is -2.29. The van der Waals surface area contributed by atoms with Gasteiger partial charge in [0.05, 0.1) is 12.5 Å². The van der Waals surface area contributed by atoms with Crippen molar-refractivity contribution < 1.29 is 9.53 Å². The van der Waals surface area contributed by atoms with Gasteiger partial charge in [0, 0.05) is 0 Å². The number of hydrogen-bond acceptors (Lipinski definition) is 2. The van der Waals surface area contributed by atoms with Gasteiger partial charge >= 0.3 is 5.97 Å². The number of carbonyl (C=O) groups excluding carboxylic acids is 1. The van der Waals surface area contributed by atoms with Crippen LogP contribution in [0.2, 0.25) is 0 Å². The van der Waals surface area contributed by atoms with Crippen LogP contribution in [0.1, 0.15) is 60.8 Å². The van der Waals surface area contributed by atoms with E-state index < -0.39 is 0 Å². The zero-order valence-electron chi connectivity index (χ0n) is 11.8. The van der Waals surface area contributed by atoms with Crippen LogP contribution in [0.15, 0.2) is 0 Å². The van der Waals surface area contributed by atoms with Gasteiger partial charge in [-0.25, -0.2) is 0 Å². The molecule has 2 atom stereocenters. The van der Waals surface area contributed by atoms with Gasteiger partial charge in [-0.3, -0.25) is 4.79 Å². The van der Waals surface area contributed by atoms with Crippen molar-refractivity contribution in [2.24, 2.45) is 17.3 Å². The molecule has 0 bridgehead atoms. The Hall–Kier alpha value is -0.530. The highest BCUT2D eigenvalue weighted by Crippen LogP contribution is 2.34. The summed E-state index contributed by atoms with van der Waals surface area (Å²) in [4.78, 5) is 11.9. The Morgan fingerprint density at radius 2 is 1.81 bits per heavy atom. The van der Waals surface area contributed by atoms with Crippen molar-refractivity contribution in [2.45, 2.75) is 60.8 Å². The molecule has 0 aliphatic carbocycles. The van der Waals surface area contributed by atoms with Crippen LogP contribution < -0.4 is 0 Å². The number of hydrogen-bond donors (Lipinski definition) is 0. The molecule has 0 fully saturated rings. The molecular weight excluding hydrogens is 200 g/mol. The molecule has 16 heavy (non-hydrogen) atoms. The molecule has 0 aliphatic heterocycles. The van der Waals surface area contributed by atoms with Gasteiger partial charge in [-0.15, -0.1) is 0 Å². The zero-order chi connectivity index (χ0) is 12.8. The van der Waals surface area contributed by atoms with Gasteiger partial charge in [0.15, 0.2) is 0 Å². The molecule has 0 spiro atoms. The van der Waals surface area contributed by atoms with E-state index in [2.05, 4.69) is 34.6 Å². The van der Waals surface area contributed by atoms with E-state index in [1.165, 1.54) is 0 Å². The second-order valence-electron chi connectivity index (χ2n) is 5.47. The Bertz CT molecular complexity index is 209. The van der Waals surface area contributed by atoms with Crippen molar-refractivity contribution in [1.82, 2.24) is 0 Å². The van der Waals surface area contributed by atoms with Crippen LogP contribution in [0.4, 0.5) is 0 Å². The normalized spacial score (nSPS) is 15.6. The first kappa shape index (κ1) is 15.5. The molecule has 0 aromatic rings. The molecule has 0 rings (SSSR count). The fourth-order valence-corrected chi connectivity index (χ4v) is 1.79. The average molecular weight is 228 g/mol. The number of esters is 1. The fourth-order valence-electron chi connectivity index (χ4n) is 1.79. The van der Waals surface area contributed by atoms with Crippen LogP contribution in [-0.4, -0.2) is 12.6 Å². The number of ether oxygens (including phenoxy) is 1. The maximum absolute atomic E-state index is 11.9. The van der Waals surface area contributed by atoms with Crippen LogP contribution in [0.5, 0.6) is 0 Å². The van der Waals surface area contributed by atoms with Gasteiger partial charge in [-0.2, -0.15) is 0 Å². The number of carbonyl (C=O) groups is 1. The SMILES string of the molecule is CCOC(=O)C(CC(C)(C)CC)C(C)CC. The third-order valence-electron chi connectivity index (χ3n) is 3.65. The summed E-state index contributed by atoms with van der Waals surface area (Å²) in [6, 6.07) is 0. The van der Waals surface area contributed by atoms with E-state index in [1.807, 2.05) is 6.92 Å². The topological polar surface area (TPSA) is 26.3 Å². The zero-order valence-corrected chi connectivity index (χ0v) is 11.8. The third-order valence-corrected chi connectivity index (χ3v) is 3.65. The molecule has 0 aromatic carbocycles. The van der Waals surface area contributed by atoms with Crippen LogP contribution in [0.3, 0.4) is 0 Å². The smallest absolute Gasteiger partial charge is 0.309 e. The first-order valence-corrected chi connectivity index (χ1v) is 6.54. The van der Waals surface area contributed by atoms with Crippen molar-refractivity contribution in [2.75, 3.05) is 6.61 Å². The van der Waals surface area contributed by atoms with Crippen LogP contribution in [0, 0.1) is 17.3 Å². The van der Waals surface area contributed by atoms with E-state index >= 15 is 0 Å². The van der Waals surface area contributed by atoms with E-state index in [-0.39, 0.29) is 17.3 Å². The summed E-state index contributed by atoms with van der Waals surface area (Å²) in [6.45, 7) is 13.3.